The van der Waals surface area contributed by atoms with E-state index >= 15 is 0 Å². The number of ether oxygens (including phenoxy) is 2. The van der Waals surface area contributed by atoms with Crippen molar-refractivity contribution >= 4 is 23.8 Å². The molecule has 10 heteroatoms. The Labute approximate surface area is 345 Å². The standard InChI is InChI=1S/C48H61N5O5/c1-47(2,3)57-45(55)50-27-25-49(26-28-50)41-24-16-23-40(31-41)32-42(52(35-38-19-12-8-13-20-38)36-39-21-14-9-15-22-39)33-43-44(54)51(34-37-17-10-7-11-18-37)29-30-53(43)46(56)58-48(4,5)6/h7-24,31,42-43H,25-30,32-36H2,1-6H3/t42-,43-/m0/s1. The van der Waals surface area contributed by atoms with Gasteiger partial charge in [0.05, 0.1) is 0 Å². The predicted molar refractivity (Wildman–Crippen MR) is 229 cm³/mol. The molecule has 0 bridgehead atoms. The summed E-state index contributed by atoms with van der Waals surface area (Å²) in [4.78, 5) is 51.7. The zero-order chi connectivity index (χ0) is 41.3. The molecule has 58 heavy (non-hydrogen) atoms. The molecule has 10 nitrogen and oxygen atoms in total. The maximum Gasteiger partial charge on any atom is 0.411 e. The maximum atomic E-state index is 14.8. The highest BCUT2D eigenvalue weighted by Gasteiger charge is 2.41. The molecule has 0 unspecified atom stereocenters. The SMILES string of the molecule is CC(C)(C)OC(=O)N1CCN(c2cccc(C[C@@H](C[C@H]3C(=O)N(Cc4ccccc4)CCN3C(=O)OC(C)(C)C)N(Cc3ccccc3)Cc3ccccc3)c2)CC1. The van der Waals surface area contributed by atoms with E-state index in [1.807, 2.05) is 88.9 Å². The second-order valence-corrected chi connectivity index (χ2v) is 17.5. The van der Waals surface area contributed by atoms with Gasteiger partial charge in [-0.2, -0.15) is 0 Å². The summed E-state index contributed by atoms with van der Waals surface area (Å²) in [5.74, 6) is -0.0676. The summed E-state index contributed by atoms with van der Waals surface area (Å²) in [6.07, 6.45) is 0.326. The number of rotatable bonds is 12. The van der Waals surface area contributed by atoms with Gasteiger partial charge in [-0.1, -0.05) is 103 Å². The van der Waals surface area contributed by atoms with E-state index in [0.717, 1.165) is 16.8 Å². The van der Waals surface area contributed by atoms with Crippen molar-refractivity contribution in [3.63, 3.8) is 0 Å². The maximum absolute atomic E-state index is 14.8. The van der Waals surface area contributed by atoms with Crippen molar-refractivity contribution in [2.75, 3.05) is 44.2 Å². The highest BCUT2D eigenvalue weighted by Crippen LogP contribution is 2.28. The number of carbonyl (C=O) groups is 3. The highest BCUT2D eigenvalue weighted by molar-refractivity contribution is 5.87. The zero-order valence-electron chi connectivity index (χ0n) is 35.2. The van der Waals surface area contributed by atoms with Crippen molar-refractivity contribution in [2.45, 2.75) is 97.3 Å². The van der Waals surface area contributed by atoms with E-state index in [1.165, 1.54) is 11.1 Å². The van der Waals surface area contributed by atoms with Crippen LogP contribution in [-0.4, -0.2) is 100 Å². The van der Waals surface area contributed by atoms with Crippen LogP contribution in [0.15, 0.2) is 115 Å². The largest absolute Gasteiger partial charge is 0.444 e. The van der Waals surface area contributed by atoms with E-state index in [-0.39, 0.29) is 18.0 Å². The molecule has 0 N–H and O–H groups in total. The smallest absolute Gasteiger partial charge is 0.411 e. The first-order chi connectivity index (χ1) is 27.7. The van der Waals surface area contributed by atoms with E-state index in [9.17, 15) is 14.4 Å². The van der Waals surface area contributed by atoms with Gasteiger partial charge < -0.3 is 24.2 Å². The fraction of sp³-hybridized carbons (Fsp3) is 0.438. The van der Waals surface area contributed by atoms with Crippen LogP contribution < -0.4 is 4.90 Å². The van der Waals surface area contributed by atoms with Crippen molar-refractivity contribution in [2.24, 2.45) is 0 Å². The van der Waals surface area contributed by atoms with Gasteiger partial charge >= 0.3 is 12.2 Å². The molecule has 0 saturated carbocycles. The number of piperazine rings is 2. The van der Waals surface area contributed by atoms with Crippen LogP contribution in [-0.2, 0) is 40.3 Å². The van der Waals surface area contributed by atoms with Crippen molar-refractivity contribution < 1.29 is 23.9 Å². The van der Waals surface area contributed by atoms with Gasteiger partial charge in [0.2, 0.25) is 5.91 Å². The van der Waals surface area contributed by atoms with E-state index in [1.54, 1.807) is 9.80 Å². The van der Waals surface area contributed by atoms with Crippen LogP contribution in [0.5, 0.6) is 0 Å². The minimum atomic E-state index is -0.726. The van der Waals surface area contributed by atoms with Gasteiger partial charge in [0.25, 0.3) is 0 Å². The molecule has 0 aromatic heterocycles. The summed E-state index contributed by atoms with van der Waals surface area (Å²) < 4.78 is 11.6. The number of amides is 3. The Balaban J connectivity index is 1.32. The van der Waals surface area contributed by atoms with Crippen molar-refractivity contribution in [3.8, 4) is 0 Å². The number of anilines is 1. The molecule has 4 aromatic rings. The molecule has 2 heterocycles. The first-order valence-electron chi connectivity index (χ1n) is 20.7. The molecule has 3 amide bonds. The lowest BCUT2D eigenvalue weighted by molar-refractivity contribution is -0.143. The molecule has 2 fully saturated rings. The lowest BCUT2D eigenvalue weighted by Gasteiger charge is -2.43. The van der Waals surface area contributed by atoms with E-state index in [0.29, 0.717) is 71.7 Å². The number of benzene rings is 4. The van der Waals surface area contributed by atoms with Gasteiger partial charge in [0.1, 0.15) is 17.2 Å². The quantitative estimate of drug-likeness (QED) is 0.143. The molecular formula is C48H61N5O5. The van der Waals surface area contributed by atoms with Crippen LogP contribution in [0.4, 0.5) is 15.3 Å². The molecule has 2 saturated heterocycles. The lowest BCUT2D eigenvalue weighted by atomic mass is 9.93. The van der Waals surface area contributed by atoms with E-state index in [4.69, 9.17) is 9.47 Å². The van der Waals surface area contributed by atoms with E-state index in [2.05, 4.69) is 82.6 Å². The van der Waals surface area contributed by atoms with E-state index < -0.39 is 23.3 Å². The van der Waals surface area contributed by atoms with Gasteiger partial charge in [0, 0.05) is 70.6 Å². The van der Waals surface area contributed by atoms with Crippen molar-refractivity contribution in [1.29, 1.82) is 0 Å². The van der Waals surface area contributed by atoms with Crippen molar-refractivity contribution in [3.05, 3.63) is 138 Å². The first kappa shape index (κ1) is 42.3. The average molecular weight is 788 g/mol. The molecule has 0 radical (unpaired) electrons. The predicted octanol–water partition coefficient (Wildman–Crippen LogP) is 8.40. The van der Waals surface area contributed by atoms with Crippen LogP contribution in [0.1, 0.15) is 70.2 Å². The van der Waals surface area contributed by atoms with Crippen LogP contribution in [0.25, 0.3) is 0 Å². The minimum absolute atomic E-state index is 0.0676. The van der Waals surface area contributed by atoms with Crippen molar-refractivity contribution in [1.82, 2.24) is 19.6 Å². The zero-order valence-corrected chi connectivity index (χ0v) is 35.2. The summed E-state index contributed by atoms with van der Waals surface area (Å²) >= 11 is 0. The molecule has 2 aliphatic heterocycles. The van der Waals surface area contributed by atoms with Gasteiger partial charge in [-0.05, 0) is 88.8 Å². The lowest BCUT2D eigenvalue weighted by Crippen LogP contribution is -2.60. The average Bonchev–Trinajstić information content (AvgIpc) is 3.19. The second kappa shape index (κ2) is 18.9. The molecular weight excluding hydrogens is 727 g/mol. The highest BCUT2D eigenvalue weighted by atomic mass is 16.6. The van der Waals surface area contributed by atoms with Gasteiger partial charge in [-0.3, -0.25) is 14.6 Å². The fourth-order valence-electron chi connectivity index (χ4n) is 7.76. The van der Waals surface area contributed by atoms with Crippen LogP contribution in [0.2, 0.25) is 0 Å². The molecule has 0 aliphatic carbocycles. The number of carbonyl (C=O) groups excluding carboxylic acids is 3. The number of hydrogen-bond donors (Lipinski definition) is 0. The topological polar surface area (TPSA) is 85.9 Å². The Kier molecular flexibility index (Phi) is 13.8. The summed E-state index contributed by atoms with van der Waals surface area (Å²) in [6.45, 7) is 16.4. The Morgan fingerprint density at radius 3 is 1.71 bits per heavy atom. The molecule has 6 rings (SSSR count). The summed E-state index contributed by atoms with van der Waals surface area (Å²) in [7, 11) is 0. The van der Waals surface area contributed by atoms with Gasteiger partial charge in [-0.15, -0.1) is 0 Å². The first-order valence-corrected chi connectivity index (χ1v) is 20.7. The molecule has 2 aliphatic rings. The fourth-order valence-corrected chi connectivity index (χ4v) is 7.76. The van der Waals surface area contributed by atoms with Crippen LogP contribution in [0, 0.1) is 0 Å². The van der Waals surface area contributed by atoms with Gasteiger partial charge in [0.15, 0.2) is 0 Å². The van der Waals surface area contributed by atoms with Crippen LogP contribution >= 0.6 is 0 Å². The monoisotopic (exact) mass is 787 g/mol. The Hall–Kier alpha value is -5.35. The third-order valence-corrected chi connectivity index (χ3v) is 10.6. The Morgan fingerprint density at radius 1 is 0.638 bits per heavy atom. The molecule has 0 spiro atoms. The molecule has 2 atom stereocenters. The number of hydrogen-bond acceptors (Lipinski definition) is 7. The Morgan fingerprint density at radius 2 is 1.16 bits per heavy atom. The van der Waals surface area contributed by atoms with Gasteiger partial charge in [-0.25, -0.2) is 9.59 Å². The normalized spacial score (nSPS) is 17.0. The number of nitrogens with zero attached hydrogens (tertiary/aromatic N) is 5. The third-order valence-electron chi connectivity index (χ3n) is 10.6. The summed E-state index contributed by atoms with van der Waals surface area (Å²) in [6, 6.07) is 38.7. The summed E-state index contributed by atoms with van der Waals surface area (Å²) in [5.41, 5.74) is 4.37. The summed E-state index contributed by atoms with van der Waals surface area (Å²) in [5, 5.41) is 0. The Bertz CT molecular complexity index is 1900. The molecule has 308 valence electrons. The second-order valence-electron chi connectivity index (χ2n) is 17.5. The third kappa shape index (κ3) is 12.1. The molecule has 4 aromatic carbocycles. The van der Waals surface area contributed by atoms with Crippen LogP contribution in [0.3, 0.4) is 0 Å². The minimum Gasteiger partial charge on any atom is -0.444 e.